The Morgan fingerprint density at radius 1 is 1.46 bits per heavy atom. The highest BCUT2D eigenvalue weighted by molar-refractivity contribution is 5.69. The molecule has 1 fully saturated rings. The number of hydrogen-bond donors (Lipinski definition) is 1. The Labute approximate surface area is 79.8 Å². The van der Waals surface area contributed by atoms with Crippen molar-refractivity contribution >= 4 is 6.09 Å². The molecule has 3 heteroatoms. The van der Waals surface area contributed by atoms with E-state index >= 15 is 0 Å². The van der Waals surface area contributed by atoms with Crippen LogP contribution in [-0.4, -0.2) is 17.2 Å². The molecule has 0 unspecified atom stereocenters. The molecule has 0 radical (unpaired) electrons. The molecular formula is C10H19NO2. The van der Waals surface area contributed by atoms with E-state index in [1.54, 1.807) is 0 Å². The highest BCUT2D eigenvalue weighted by Crippen LogP contribution is 2.38. The Morgan fingerprint density at radius 2 is 2.00 bits per heavy atom. The Kier molecular flexibility index (Phi) is 2.55. The molecule has 1 aliphatic carbocycles. The molecular weight excluding hydrogens is 166 g/mol. The van der Waals surface area contributed by atoms with Gasteiger partial charge in [0.25, 0.3) is 0 Å². The zero-order chi connectivity index (χ0) is 10.1. The van der Waals surface area contributed by atoms with Crippen molar-refractivity contribution in [3.8, 4) is 0 Å². The van der Waals surface area contributed by atoms with Crippen LogP contribution < -0.4 is 5.32 Å². The maximum Gasteiger partial charge on any atom is 0.408 e. The topological polar surface area (TPSA) is 38.3 Å². The molecule has 0 aromatic carbocycles. The molecule has 1 N–H and O–H groups in total. The molecule has 0 heterocycles. The van der Waals surface area contributed by atoms with Crippen molar-refractivity contribution in [3.63, 3.8) is 0 Å². The monoisotopic (exact) mass is 185 g/mol. The normalized spacial score (nSPS) is 19.4. The van der Waals surface area contributed by atoms with Crippen molar-refractivity contribution in [2.24, 2.45) is 0 Å². The Bertz CT molecular complexity index is 201. The second-order valence-electron chi connectivity index (χ2n) is 4.76. The first-order valence-electron chi connectivity index (χ1n) is 4.88. The van der Waals surface area contributed by atoms with E-state index in [4.69, 9.17) is 4.74 Å². The molecule has 1 amide bonds. The van der Waals surface area contributed by atoms with Crippen LogP contribution in [0.5, 0.6) is 0 Å². The first-order valence-corrected chi connectivity index (χ1v) is 4.88. The van der Waals surface area contributed by atoms with Crippen LogP contribution >= 0.6 is 0 Å². The average molecular weight is 185 g/mol. The lowest BCUT2D eigenvalue weighted by atomic mass is 10.2. The molecule has 0 spiro atoms. The first kappa shape index (κ1) is 10.4. The summed E-state index contributed by atoms with van der Waals surface area (Å²) in [6, 6.07) is 0. The molecule has 0 aromatic rings. The van der Waals surface area contributed by atoms with Crippen molar-refractivity contribution in [3.05, 3.63) is 0 Å². The standard InChI is InChI=1S/C10H19NO2/c1-5-10(6-7-10)11-8(12)13-9(2,3)4/h5-7H2,1-4H3,(H,11,12). The Balaban J connectivity index is 2.34. The molecule has 0 bridgehead atoms. The minimum atomic E-state index is -0.395. The number of amides is 1. The van der Waals surface area contributed by atoms with Crippen molar-refractivity contribution in [1.82, 2.24) is 5.32 Å². The zero-order valence-electron chi connectivity index (χ0n) is 8.94. The summed E-state index contributed by atoms with van der Waals surface area (Å²) < 4.78 is 5.17. The summed E-state index contributed by atoms with van der Waals surface area (Å²) in [5, 5.41) is 2.91. The second kappa shape index (κ2) is 3.20. The molecule has 1 aliphatic rings. The number of carbonyl (C=O) groups excluding carboxylic acids is 1. The van der Waals surface area contributed by atoms with Crippen LogP contribution in [0.1, 0.15) is 47.0 Å². The molecule has 13 heavy (non-hydrogen) atoms. The van der Waals surface area contributed by atoms with E-state index in [2.05, 4.69) is 12.2 Å². The lowest BCUT2D eigenvalue weighted by Crippen LogP contribution is -2.40. The van der Waals surface area contributed by atoms with Gasteiger partial charge in [-0.25, -0.2) is 4.79 Å². The van der Waals surface area contributed by atoms with Crippen LogP contribution in [0.2, 0.25) is 0 Å². The highest BCUT2D eigenvalue weighted by atomic mass is 16.6. The van der Waals surface area contributed by atoms with Crippen LogP contribution in [-0.2, 0) is 4.74 Å². The fourth-order valence-electron chi connectivity index (χ4n) is 1.24. The summed E-state index contributed by atoms with van der Waals surface area (Å²) >= 11 is 0. The van der Waals surface area contributed by atoms with Crippen LogP contribution in [0.3, 0.4) is 0 Å². The van der Waals surface area contributed by atoms with Crippen molar-refractivity contribution in [1.29, 1.82) is 0 Å². The fraction of sp³-hybridized carbons (Fsp3) is 0.900. The van der Waals surface area contributed by atoms with E-state index in [0.29, 0.717) is 0 Å². The molecule has 1 saturated carbocycles. The van der Waals surface area contributed by atoms with E-state index in [0.717, 1.165) is 19.3 Å². The molecule has 0 aromatic heterocycles. The third-order valence-corrected chi connectivity index (χ3v) is 2.30. The van der Waals surface area contributed by atoms with E-state index in [1.165, 1.54) is 0 Å². The zero-order valence-corrected chi connectivity index (χ0v) is 8.94. The summed E-state index contributed by atoms with van der Waals surface area (Å²) in [6.45, 7) is 7.71. The lowest BCUT2D eigenvalue weighted by Gasteiger charge is -2.22. The van der Waals surface area contributed by atoms with Crippen LogP contribution in [0, 0.1) is 0 Å². The number of alkyl carbamates (subject to hydrolysis) is 1. The van der Waals surface area contributed by atoms with Gasteiger partial charge in [-0.3, -0.25) is 0 Å². The molecule has 0 aliphatic heterocycles. The maximum absolute atomic E-state index is 11.3. The summed E-state index contributed by atoms with van der Waals surface area (Å²) in [7, 11) is 0. The van der Waals surface area contributed by atoms with Gasteiger partial charge in [-0.1, -0.05) is 6.92 Å². The van der Waals surface area contributed by atoms with Gasteiger partial charge in [0, 0.05) is 5.54 Å². The van der Waals surface area contributed by atoms with Crippen LogP contribution in [0.15, 0.2) is 0 Å². The van der Waals surface area contributed by atoms with E-state index in [1.807, 2.05) is 20.8 Å². The minimum Gasteiger partial charge on any atom is -0.444 e. The SMILES string of the molecule is CCC1(NC(=O)OC(C)(C)C)CC1. The summed E-state index contributed by atoms with van der Waals surface area (Å²) in [5.41, 5.74) is -0.337. The predicted molar refractivity (Wildman–Crippen MR) is 51.6 cm³/mol. The highest BCUT2D eigenvalue weighted by Gasteiger charge is 2.42. The maximum atomic E-state index is 11.3. The van der Waals surface area contributed by atoms with Gasteiger partial charge in [-0.2, -0.15) is 0 Å². The van der Waals surface area contributed by atoms with Gasteiger partial charge in [0.1, 0.15) is 5.60 Å². The smallest absolute Gasteiger partial charge is 0.408 e. The molecule has 3 nitrogen and oxygen atoms in total. The van der Waals surface area contributed by atoms with Gasteiger partial charge in [-0.05, 0) is 40.0 Å². The predicted octanol–water partition coefficient (Wildman–Crippen LogP) is 2.45. The van der Waals surface area contributed by atoms with Gasteiger partial charge in [-0.15, -0.1) is 0 Å². The van der Waals surface area contributed by atoms with Gasteiger partial charge in [0.15, 0.2) is 0 Å². The molecule has 0 saturated heterocycles. The largest absolute Gasteiger partial charge is 0.444 e. The summed E-state index contributed by atoms with van der Waals surface area (Å²) in [5.74, 6) is 0. The van der Waals surface area contributed by atoms with Gasteiger partial charge < -0.3 is 10.1 Å². The van der Waals surface area contributed by atoms with Gasteiger partial charge >= 0.3 is 6.09 Å². The number of nitrogens with one attached hydrogen (secondary N) is 1. The third kappa shape index (κ3) is 3.25. The van der Waals surface area contributed by atoms with Gasteiger partial charge in [0.2, 0.25) is 0 Å². The van der Waals surface area contributed by atoms with E-state index < -0.39 is 5.60 Å². The Hall–Kier alpha value is -0.730. The summed E-state index contributed by atoms with van der Waals surface area (Å²) in [6.07, 6.45) is 2.88. The quantitative estimate of drug-likeness (QED) is 0.717. The molecule has 0 atom stereocenters. The Morgan fingerprint density at radius 3 is 2.31 bits per heavy atom. The van der Waals surface area contributed by atoms with E-state index in [-0.39, 0.29) is 11.6 Å². The second-order valence-corrected chi connectivity index (χ2v) is 4.76. The number of hydrogen-bond acceptors (Lipinski definition) is 2. The van der Waals surface area contributed by atoms with Crippen LogP contribution in [0.25, 0.3) is 0 Å². The average Bonchev–Trinajstić information content (AvgIpc) is 2.65. The van der Waals surface area contributed by atoms with Crippen LogP contribution in [0.4, 0.5) is 4.79 Å². The van der Waals surface area contributed by atoms with Crippen molar-refractivity contribution < 1.29 is 9.53 Å². The van der Waals surface area contributed by atoms with Crippen molar-refractivity contribution in [2.45, 2.75) is 58.1 Å². The van der Waals surface area contributed by atoms with Crippen molar-refractivity contribution in [2.75, 3.05) is 0 Å². The molecule has 76 valence electrons. The minimum absolute atomic E-state index is 0.0579. The third-order valence-electron chi connectivity index (χ3n) is 2.30. The number of carbonyl (C=O) groups is 1. The number of rotatable bonds is 2. The molecule has 1 rings (SSSR count). The fourth-order valence-corrected chi connectivity index (χ4v) is 1.24. The number of ether oxygens (including phenoxy) is 1. The van der Waals surface area contributed by atoms with Gasteiger partial charge in [0.05, 0.1) is 0 Å². The summed E-state index contributed by atoms with van der Waals surface area (Å²) in [4.78, 5) is 11.3. The van der Waals surface area contributed by atoms with E-state index in [9.17, 15) is 4.79 Å². The first-order chi connectivity index (χ1) is 5.87. The lowest BCUT2D eigenvalue weighted by molar-refractivity contribution is 0.0495.